The van der Waals surface area contributed by atoms with Gasteiger partial charge in [0.05, 0.1) is 0 Å². The number of aryl methyl sites for hydroxylation is 1. The van der Waals surface area contributed by atoms with Crippen LogP contribution >= 0.6 is 15.9 Å². The van der Waals surface area contributed by atoms with Crippen molar-refractivity contribution >= 4 is 32.7 Å². The first-order valence-corrected chi connectivity index (χ1v) is 6.50. The highest BCUT2D eigenvalue weighted by Gasteiger charge is 2.23. The van der Waals surface area contributed by atoms with Crippen LogP contribution in [0, 0.1) is 0 Å². The van der Waals surface area contributed by atoms with Gasteiger partial charge in [0.15, 0.2) is 0 Å². The summed E-state index contributed by atoms with van der Waals surface area (Å²) in [6, 6.07) is 6.21. The van der Waals surface area contributed by atoms with Crippen molar-refractivity contribution in [2.75, 3.05) is 0 Å². The van der Waals surface area contributed by atoms with E-state index in [4.69, 9.17) is 0 Å². The molecule has 0 radical (unpaired) electrons. The van der Waals surface area contributed by atoms with Gasteiger partial charge < -0.3 is 9.88 Å². The van der Waals surface area contributed by atoms with Crippen LogP contribution in [0.1, 0.15) is 23.2 Å². The van der Waals surface area contributed by atoms with Crippen LogP contribution in [-0.2, 0) is 7.05 Å². The maximum absolute atomic E-state index is 11.9. The number of carbonyl (C=O) groups excluding carboxylic acids is 1. The lowest BCUT2D eigenvalue weighted by atomic mass is 10.1. The number of hydrogen-bond donors (Lipinski definition) is 1. The summed E-state index contributed by atoms with van der Waals surface area (Å²) in [5.41, 5.74) is 1.80. The van der Waals surface area contributed by atoms with Gasteiger partial charge >= 0.3 is 0 Å². The maximum atomic E-state index is 11.9. The third-order valence-electron chi connectivity index (χ3n) is 3.12. The van der Waals surface area contributed by atoms with Crippen LogP contribution < -0.4 is 5.32 Å². The van der Waals surface area contributed by atoms with Gasteiger partial charge in [0.2, 0.25) is 0 Å². The second-order valence-electron chi connectivity index (χ2n) is 4.57. The standard InChI is InChI=1S/C13H13BrN2O/c1-16-7-11(14)10-5-2-8(6-12(10)16)13(17)15-9-3-4-9/h2,5-7,9H,3-4H2,1H3,(H,15,17). The summed E-state index contributed by atoms with van der Waals surface area (Å²) >= 11 is 3.51. The minimum absolute atomic E-state index is 0.0340. The van der Waals surface area contributed by atoms with Crippen molar-refractivity contribution in [3.8, 4) is 0 Å². The molecule has 0 aliphatic heterocycles. The second kappa shape index (κ2) is 3.88. The molecule has 3 nitrogen and oxygen atoms in total. The van der Waals surface area contributed by atoms with E-state index < -0.39 is 0 Å². The summed E-state index contributed by atoms with van der Waals surface area (Å²) in [6.07, 6.45) is 4.24. The van der Waals surface area contributed by atoms with E-state index in [1.807, 2.05) is 36.0 Å². The summed E-state index contributed by atoms with van der Waals surface area (Å²) in [4.78, 5) is 11.9. The van der Waals surface area contributed by atoms with Crippen LogP contribution in [0.15, 0.2) is 28.9 Å². The lowest BCUT2D eigenvalue weighted by Gasteiger charge is -2.04. The van der Waals surface area contributed by atoms with Gasteiger partial charge in [0, 0.05) is 40.2 Å². The van der Waals surface area contributed by atoms with Crippen molar-refractivity contribution in [2.45, 2.75) is 18.9 Å². The Balaban J connectivity index is 2.00. The van der Waals surface area contributed by atoms with E-state index in [9.17, 15) is 4.79 Å². The lowest BCUT2D eigenvalue weighted by Crippen LogP contribution is -2.25. The van der Waals surface area contributed by atoms with Gasteiger partial charge in [-0.25, -0.2) is 0 Å². The zero-order valence-electron chi connectivity index (χ0n) is 9.53. The van der Waals surface area contributed by atoms with Crippen LogP contribution in [-0.4, -0.2) is 16.5 Å². The molecule has 0 atom stereocenters. The predicted octanol–water partition coefficient (Wildman–Crippen LogP) is 2.83. The maximum Gasteiger partial charge on any atom is 0.251 e. The van der Waals surface area contributed by atoms with Crippen molar-refractivity contribution in [1.29, 1.82) is 0 Å². The van der Waals surface area contributed by atoms with E-state index >= 15 is 0 Å². The molecular weight excluding hydrogens is 280 g/mol. The van der Waals surface area contributed by atoms with Crippen molar-refractivity contribution in [3.63, 3.8) is 0 Å². The molecule has 1 aliphatic rings. The summed E-state index contributed by atoms with van der Waals surface area (Å²) in [6.45, 7) is 0. The topological polar surface area (TPSA) is 34.0 Å². The van der Waals surface area contributed by atoms with Crippen LogP contribution in [0.25, 0.3) is 10.9 Å². The fourth-order valence-electron chi connectivity index (χ4n) is 1.97. The second-order valence-corrected chi connectivity index (χ2v) is 5.42. The summed E-state index contributed by atoms with van der Waals surface area (Å²) < 4.78 is 3.08. The Bertz CT molecular complexity index is 599. The Kier molecular flexibility index (Phi) is 2.47. The van der Waals surface area contributed by atoms with Crippen molar-refractivity contribution in [1.82, 2.24) is 9.88 Å². The number of benzene rings is 1. The van der Waals surface area contributed by atoms with Crippen molar-refractivity contribution < 1.29 is 4.79 Å². The number of carbonyl (C=O) groups is 1. The molecule has 88 valence electrons. The Morgan fingerprint density at radius 1 is 1.47 bits per heavy atom. The molecule has 0 bridgehead atoms. The molecular formula is C13H13BrN2O. The molecule has 1 heterocycles. The average molecular weight is 293 g/mol. The number of fused-ring (bicyclic) bond motifs is 1. The molecule has 1 aromatic carbocycles. The van der Waals surface area contributed by atoms with Crippen molar-refractivity contribution in [3.05, 3.63) is 34.4 Å². The fourth-order valence-corrected chi connectivity index (χ4v) is 2.61. The van der Waals surface area contributed by atoms with E-state index in [0.717, 1.165) is 33.8 Å². The zero-order chi connectivity index (χ0) is 12.0. The molecule has 17 heavy (non-hydrogen) atoms. The molecule has 1 aliphatic carbocycles. The normalized spacial score (nSPS) is 15.2. The quantitative estimate of drug-likeness (QED) is 0.907. The van der Waals surface area contributed by atoms with Gasteiger partial charge in [-0.3, -0.25) is 4.79 Å². The Hall–Kier alpha value is -1.29. The van der Waals surface area contributed by atoms with Gasteiger partial charge in [-0.1, -0.05) is 6.07 Å². The largest absolute Gasteiger partial charge is 0.349 e. The zero-order valence-corrected chi connectivity index (χ0v) is 11.1. The highest BCUT2D eigenvalue weighted by atomic mass is 79.9. The lowest BCUT2D eigenvalue weighted by molar-refractivity contribution is 0.0951. The molecule has 1 aromatic heterocycles. The van der Waals surface area contributed by atoms with Crippen LogP contribution in [0.3, 0.4) is 0 Å². The van der Waals surface area contributed by atoms with E-state index in [2.05, 4.69) is 21.2 Å². The predicted molar refractivity (Wildman–Crippen MR) is 71.1 cm³/mol. The molecule has 1 amide bonds. The molecule has 1 N–H and O–H groups in total. The van der Waals surface area contributed by atoms with E-state index in [1.54, 1.807) is 0 Å². The molecule has 1 fully saturated rings. The Labute approximate surface area is 108 Å². The minimum Gasteiger partial charge on any atom is -0.349 e. The fraction of sp³-hybridized carbons (Fsp3) is 0.308. The number of aromatic nitrogens is 1. The molecule has 3 rings (SSSR count). The van der Waals surface area contributed by atoms with E-state index in [1.165, 1.54) is 0 Å². The smallest absolute Gasteiger partial charge is 0.251 e. The summed E-state index contributed by atoms with van der Waals surface area (Å²) in [5.74, 6) is 0.0340. The first-order valence-electron chi connectivity index (χ1n) is 5.70. The molecule has 1 saturated carbocycles. The van der Waals surface area contributed by atoms with E-state index in [-0.39, 0.29) is 5.91 Å². The monoisotopic (exact) mass is 292 g/mol. The van der Waals surface area contributed by atoms with E-state index in [0.29, 0.717) is 6.04 Å². The minimum atomic E-state index is 0.0340. The number of rotatable bonds is 2. The Morgan fingerprint density at radius 3 is 2.94 bits per heavy atom. The number of nitrogens with zero attached hydrogens (tertiary/aromatic N) is 1. The van der Waals surface area contributed by atoms with Gasteiger partial charge in [-0.05, 0) is 40.9 Å². The number of amides is 1. The van der Waals surface area contributed by atoms with Gasteiger partial charge in [-0.2, -0.15) is 0 Å². The first-order chi connectivity index (χ1) is 8.15. The summed E-state index contributed by atoms with van der Waals surface area (Å²) in [7, 11) is 1.98. The number of hydrogen-bond acceptors (Lipinski definition) is 1. The van der Waals surface area contributed by atoms with Crippen LogP contribution in [0.2, 0.25) is 0 Å². The van der Waals surface area contributed by atoms with Gasteiger partial charge in [-0.15, -0.1) is 0 Å². The van der Waals surface area contributed by atoms with Crippen LogP contribution in [0.4, 0.5) is 0 Å². The highest BCUT2D eigenvalue weighted by Crippen LogP contribution is 2.26. The van der Waals surface area contributed by atoms with Gasteiger partial charge in [0.1, 0.15) is 0 Å². The molecule has 0 unspecified atom stereocenters. The number of halogens is 1. The van der Waals surface area contributed by atoms with Crippen LogP contribution in [0.5, 0.6) is 0 Å². The molecule has 2 aromatic rings. The third kappa shape index (κ3) is 1.97. The number of nitrogens with one attached hydrogen (secondary N) is 1. The third-order valence-corrected chi connectivity index (χ3v) is 3.75. The Morgan fingerprint density at radius 2 is 2.24 bits per heavy atom. The van der Waals surface area contributed by atoms with Gasteiger partial charge in [0.25, 0.3) is 5.91 Å². The average Bonchev–Trinajstić information content (AvgIpc) is 3.07. The van der Waals surface area contributed by atoms with Crippen molar-refractivity contribution in [2.24, 2.45) is 7.05 Å². The summed E-state index contributed by atoms with van der Waals surface area (Å²) in [5, 5.41) is 4.14. The molecule has 0 spiro atoms. The first kappa shape index (κ1) is 10.8. The highest BCUT2D eigenvalue weighted by molar-refractivity contribution is 9.10. The molecule has 4 heteroatoms. The SMILES string of the molecule is Cn1cc(Br)c2ccc(C(=O)NC3CC3)cc21. The molecule has 0 saturated heterocycles.